The van der Waals surface area contributed by atoms with Gasteiger partial charge in [-0.2, -0.15) is 0 Å². The summed E-state index contributed by atoms with van der Waals surface area (Å²) in [6, 6.07) is 9.08. The van der Waals surface area contributed by atoms with Crippen molar-refractivity contribution in [3.63, 3.8) is 0 Å². The molecule has 2 N–H and O–H groups in total. The van der Waals surface area contributed by atoms with E-state index in [0.717, 1.165) is 10.5 Å². The van der Waals surface area contributed by atoms with Crippen molar-refractivity contribution in [3.8, 4) is 0 Å². The molecular weight excluding hydrogens is 290 g/mol. The lowest BCUT2D eigenvalue weighted by atomic mass is 10.2. The summed E-state index contributed by atoms with van der Waals surface area (Å²) in [5, 5.41) is 10.7. The molecule has 0 fully saturated rings. The van der Waals surface area contributed by atoms with E-state index in [1.54, 1.807) is 12.1 Å². The molecule has 0 aliphatic rings. The molecule has 0 radical (unpaired) electrons. The second-order valence-electron chi connectivity index (χ2n) is 3.01. The molecule has 1 aromatic rings. The summed E-state index contributed by atoms with van der Waals surface area (Å²) in [5.41, 5.74) is 0.533. The highest BCUT2D eigenvalue weighted by atomic mass is 79.9. The van der Waals surface area contributed by atoms with Crippen LogP contribution in [0.15, 0.2) is 41.0 Å². The van der Waals surface area contributed by atoms with Crippen LogP contribution in [0.5, 0.6) is 0 Å². The van der Waals surface area contributed by atoms with E-state index < -0.39 is 12.1 Å². The maximum absolute atomic E-state index is 11.2. The molecule has 1 amide bonds. The van der Waals surface area contributed by atoms with Crippen LogP contribution in [-0.4, -0.2) is 17.2 Å². The minimum absolute atomic E-state index is 0.0852. The number of halogens is 1. The number of amides is 1. The summed E-state index contributed by atoms with van der Waals surface area (Å²) in [6.45, 7) is 0.0852. The second kappa shape index (κ2) is 6.70. The number of aliphatic carboxylic acids is 1. The van der Waals surface area contributed by atoms with Gasteiger partial charge in [-0.25, -0.2) is 9.59 Å². The molecule has 0 heterocycles. The highest BCUT2D eigenvalue weighted by Gasteiger charge is 2.11. The molecule has 1 aromatic carbocycles. The van der Waals surface area contributed by atoms with Crippen molar-refractivity contribution >= 4 is 28.0 Å². The molecule has 6 heteroatoms. The number of nitrogens with one attached hydrogen (secondary N) is 1. The van der Waals surface area contributed by atoms with E-state index in [9.17, 15) is 9.59 Å². The summed E-state index contributed by atoms with van der Waals surface area (Å²) in [4.78, 5) is 22.9. The van der Waals surface area contributed by atoms with Gasteiger partial charge in [-0.15, -0.1) is 0 Å². The number of carboxylic acids is 1. The van der Waals surface area contributed by atoms with Crippen LogP contribution in [-0.2, 0) is 16.1 Å². The average Bonchev–Trinajstić information content (AvgIpc) is 2.34. The third kappa shape index (κ3) is 4.69. The van der Waals surface area contributed by atoms with Crippen LogP contribution in [0.4, 0.5) is 4.79 Å². The van der Waals surface area contributed by atoms with Crippen LogP contribution in [0.2, 0.25) is 0 Å². The smallest absolute Gasteiger partial charge is 0.412 e. The fraction of sp³-hybridized carbons (Fsp3) is 0.0909. The van der Waals surface area contributed by atoms with E-state index in [1.807, 2.05) is 18.2 Å². The largest absolute Gasteiger partial charge is 0.477 e. The Morgan fingerprint density at radius 3 is 2.53 bits per heavy atom. The quantitative estimate of drug-likeness (QED) is 0.836. The van der Waals surface area contributed by atoms with Crippen LogP contribution in [0.25, 0.3) is 0 Å². The topological polar surface area (TPSA) is 75.6 Å². The number of carboxylic acid groups (broad SMARTS) is 1. The lowest BCUT2D eigenvalue weighted by Crippen LogP contribution is -2.27. The zero-order valence-corrected chi connectivity index (χ0v) is 10.3. The van der Waals surface area contributed by atoms with Crippen molar-refractivity contribution in [1.82, 2.24) is 5.32 Å². The number of ether oxygens (including phenoxy) is 1. The van der Waals surface area contributed by atoms with Crippen molar-refractivity contribution in [1.29, 1.82) is 0 Å². The van der Waals surface area contributed by atoms with Gasteiger partial charge in [0.25, 0.3) is 0 Å². The van der Waals surface area contributed by atoms with Gasteiger partial charge in [0.05, 0.1) is 0 Å². The van der Waals surface area contributed by atoms with Crippen molar-refractivity contribution in [2.24, 2.45) is 0 Å². The van der Waals surface area contributed by atoms with Crippen molar-refractivity contribution in [2.75, 3.05) is 0 Å². The monoisotopic (exact) mass is 299 g/mol. The standard InChI is InChI=1S/C11H10BrNO4/c12-6-9(10(14)15)13-11(16)17-7-8-4-2-1-3-5-8/h1-6H,7H2,(H,13,16)(H,14,15). The van der Waals surface area contributed by atoms with Crippen molar-refractivity contribution < 1.29 is 19.4 Å². The molecule has 1 rings (SSSR count). The summed E-state index contributed by atoms with van der Waals surface area (Å²) in [6.07, 6.45) is -0.818. The first-order chi connectivity index (χ1) is 8.13. The second-order valence-corrected chi connectivity index (χ2v) is 3.47. The summed E-state index contributed by atoms with van der Waals surface area (Å²) in [7, 11) is 0. The fourth-order valence-electron chi connectivity index (χ4n) is 0.997. The summed E-state index contributed by atoms with van der Waals surface area (Å²) < 4.78 is 4.84. The molecule has 0 aliphatic carbocycles. The van der Waals surface area contributed by atoms with Gasteiger partial charge >= 0.3 is 12.1 Å². The van der Waals surface area contributed by atoms with Gasteiger partial charge in [0.1, 0.15) is 12.3 Å². The van der Waals surface area contributed by atoms with Crippen LogP contribution in [0, 0.1) is 0 Å². The molecule has 0 unspecified atom stereocenters. The Hall–Kier alpha value is -1.82. The molecule has 0 saturated heterocycles. The molecule has 17 heavy (non-hydrogen) atoms. The number of carbonyl (C=O) groups excluding carboxylic acids is 1. The van der Waals surface area contributed by atoms with Crippen LogP contribution in [0.1, 0.15) is 5.56 Å². The maximum atomic E-state index is 11.2. The van der Waals surface area contributed by atoms with E-state index in [2.05, 4.69) is 21.2 Å². The number of hydrogen-bond acceptors (Lipinski definition) is 3. The Bertz CT molecular complexity index is 430. The lowest BCUT2D eigenvalue weighted by Gasteiger charge is -2.06. The highest BCUT2D eigenvalue weighted by molar-refractivity contribution is 9.11. The van der Waals surface area contributed by atoms with E-state index >= 15 is 0 Å². The Morgan fingerprint density at radius 2 is 2.00 bits per heavy atom. The number of hydrogen-bond donors (Lipinski definition) is 2. The molecule has 0 spiro atoms. The first kappa shape index (κ1) is 13.2. The third-order valence-corrected chi connectivity index (χ3v) is 2.25. The molecule has 5 nitrogen and oxygen atoms in total. The van der Waals surface area contributed by atoms with Gasteiger partial charge in [-0.3, -0.25) is 5.32 Å². The van der Waals surface area contributed by atoms with E-state index in [0.29, 0.717) is 0 Å². The fourth-order valence-corrected chi connectivity index (χ4v) is 1.31. The van der Waals surface area contributed by atoms with Crippen LogP contribution >= 0.6 is 15.9 Å². The van der Waals surface area contributed by atoms with E-state index in [4.69, 9.17) is 9.84 Å². The number of alkyl carbamates (subject to hydrolysis) is 1. The van der Waals surface area contributed by atoms with Crippen molar-refractivity contribution in [3.05, 3.63) is 46.6 Å². The Morgan fingerprint density at radius 1 is 1.35 bits per heavy atom. The Kier molecular flexibility index (Phi) is 5.22. The summed E-state index contributed by atoms with van der Waals surface area (Å²) >= 11 is 2.83. The Balaban J connectivity index is 2.43. The van der Waals surface area contributed by atoms with Gasteiger partial charge in [0.2, 0.25) is 0 Å². The van der Waals surface area contributed by atoms with Crippen LogP contribution in [0.3, 0.4) is 0 Å². The molecule has 0 saturated carbocycles. The SMILES string of the molecule is O=C(NC(=CBr)C(=O)O)OCc1ccccc1. The molecule has 0 aromatic heterocycles. The van der Waals surface area contributed by atoms with Crippen LogP contribution < -0.4 is 5.32 Å². The van der Waals surface area contributed by atoms with Gasteiger partial charge in [0, 0.05) is 4.99 Å². The molecule has 90 valence electrons. The minimum atomic E-state index is -1.25. The molecule has 0 aliphatic heterocycles. The third-order valence-electron chi connectivity index (χ3n) is 1.79. The van der Waals surface area contributed by atoms with Gasteiger partial charge in [-0.1, -0.05) is 46.3 Å². The summed E-state index contributed by atoms with van der Waals surface area (Å²) in [5.74, 6) is -1.25. The minimum Gasteiger partial charge on any atom is -0.477 e. The predicted molar refractivity (Wildman–Crippen MR) is 64.4 cm³/mol. The maximum Gasteiger partial charge on any atom is 0.412 e. The van der Waals surface area contributed by atoms with E-state index in [-0.39, 0.29) is 12.3 Å². The van der Waals surface area contributed by atoms with E-state index in [1.165, 1.54) is 0 Å². The van der Waals surface area contributed by atoms with Gasteiger partial charge < -0.3 is 9.84 Å². The molecule has 0 atom stereocenters. The molecule has 0 bridgehead atoms. The number of carbonyl (C=O) groups is 2. The highest BCUT2D eigenvalue weighted by Crippen LogP contribution is 2.01. The lowest BCUT2D eigenvalue weighted by molar-refractivity contribution is -0.133. The normalized spacial score (nSPS) is 10.8. The number of rotatable bonds is 4. The zero-order valence-electron chi connectivity index (χ0n) is 8.72. The first-order valence-corrected chi connectivity index (χ1v) is 5.56. The predicted octanol–water partition coefficient (Wildman–Crippen LogP) is 2.23. The average molecular weight is 300 g/mol. The first-order valence-electron chi connectivity index (χ1n) is 4.65. The van der Waals surface area contributed by atoms with Crippen molar-refractivity contribution in [2.45, 2.75) is 6.61 Å². The van der Waals surface area contributed by atoms with Gasteiger partial charge in [-0.05, 0) is 5.56 Å². The number of benzene rings is 1. The van der Waals surface area contributed by atoms with Gasteiger partial charge in [0.15, 0.2) is 0 Å². The Labute approximate surface area is 106 Å². The molecular formula is C11H10BrNO4. The zero-order chi connectivity index (χ0) is 12.7.